The third kappa shape index (κ3) is 6.44. The Morgan fingerprint density at radius 3 is 2.23 bits per heavy atom. The lowest BCUT2D eigenvalue weighted by molar-refractivity contribution is -0.191. The van der Waals surface area contributed by atoms with Crippen molar-refractivity contribution in [3.05, 3.63) is 0 Å². The first-order valence-electron chi connectivity index (χ1n) is 8.98. The fourth-order valence-electron chi connectivity index (χ4n) is 3.28. The summed E-state index contributed by atoms with van der Waals surface area (Å²) < 4.78 is 29.3. The number of hydrogen-bond acceptors (Lipinski definition) is 9. The van der Waals surface area contributed by atoms with Gasteiger partial charge in [0.1, 0.15) is 11.6 Å². The number of hydrogen-bond donors (Lipinski definition) is 3. The minimum absolute atomic E-state index is 0.226. The van der Waals surface area contributed by atoms with E-state index in [1.807, 2.05) is 6.26 Å². The molecule has 0 unspecified atom stereocenters. The highest BCUT2D eigenvalue weighted by Crippen LogP contribution is 2.52. The number of thioether (sulfide) groups is 1. The lowest BCUT2D eigenvalue weighted by Gasteiger charge is -2.29. The van der Waals surface area contributed by atoms with Crippen molar-refractivity contribution in [1.82, 2.24) is 10.6 Å². The van der Waals surface area contributed by atoms with E-state index < -0.39 is 61.9 Å². The number of rotatable bonds is 7. The number of carbonyl (C=O) groups excluding carboxylic acids is 4. The number of nitrogens with one attached hydrogen (secondary N) is 2. The molecule has 1 heterocycles. The largest absolute Gasteiger partial charge is 0.479 e. The molecule has 1 aliphatic heterocycles. The maximum atomic E-state index is 12.7. The number of ether oxygens (including phenoxy) is 1. The molecule has 1 aliphatic carbocycles. The highest BCUT2D eigenvalue weighted by atomic mass is 32.2. The molecule has 0 aromatic carbocycles. The van der Waals surface area contributed by atoms with Gasteiger partial charge in [0, 0.05) is 5.92 Å². The molecule has 4 atom stereocenters. The normalized spacial score (nSPS) is 26.7. The Balaban J connectivity index is 0.00000141. The van der Waals surface area contributed by atoms with Gasteiger partial charge < -0.3 is 20.5 Å². The van der Waals surface area contributed by atoms with Crippen molar-refractivity contribution in [3.8, 4) is 0 Å². The van der Waals surface area contributed by atoms with E-state index in [-0.39, 0.29) is 19.0 Å². The van der Waals surface area contributed by atoms with Crippen LogP contribution in [-0.4, -0.2) is 77.8 Å². The lowest BCUT2D eigenvalue weighted by atomic mass is 9.95. The van der Waals surface area contributed by atoms with Crippen LogP contribution in [0.4, 0.5) is 4.79 Å². The Morgan fingerprint density at radius 1 is 1.30 bits per heavy atom. The summed E-state index contributed by atoms with van der Waals surface area (Å²) in [6.07, 6.45) is 1.77. The molecule has 2 fully saturated rings. The first-order valence-corrected chi connectivity index (χ1v) is 12.1. The van der Waals surface area contributed by atoms with Gasteiger partial charge in [0.2, 0.25) is 5.91 Å². The Hall–Kier alpha value is -2.11. The summed E-state index contributed by atoms with van der Waals surface area (Å²) in [6.45, 7) is 5.04. The molecule has 30 heavy (non-hydrogen) atoms. The molecule has 13 heteroatoms. The Kier molecular flexibility index (Phi) is 8.47. The SMILES string of the molecule is CSCC[C@@H](NC(=O)OC(C)(C)C)C(=O)N[C@@]1(C(=O)O)CS(=O)(=O)[C@H]2C[C@H]21.O=C=O. The zero-order valence-electron chi connectivity index (χ0n) is 17.1. The zero-order valence-corrected chi connectivity index (χ0v) is 18.7. The fraction of sp³-hybridized carbons (Fsp3) is 0.765. The summed E-state index contributed by atoms with van der Waals surface area (Å²) in [6, 6.07) is -1.02. The minimum Gasteiger partial charge on any atom is -0.479 e. The maximum absolute atomic E-state index is 12.7. The summed E-state index contributed by atoms with van der Waals surface area (Å²) in [7, 11) is -3.55. The average Bonchev–Trinajstić information content (AvgIpc) is 3.34. The molecule has 0 radical (unpaired) electrons. The quantitative estimate of drug-likeness (QED) is 0.456. The van der Waals surface area contributed by atoms with Gasteiger partial charge in [0.05, 0.1) is 11.0 Å². The smallest absolute Gasteiger partial charge is 0.408 e. The van der Waals surface area contributed by atoms with Crippen molar-refractivity contribution < 1.29 is 42.2 Å². The third-order valence-corrected chi connectivity index (χ3v) is 7.55. The van der Waals surface area contributed by atoms with Gasteiger partial charge in [-0.05, 0) is 45.6 Å². The van der Waals surface area contributed by atoms with Crippen LogP contribution in [0, 0.1) is 5.92 Å². The van der Waals surface area contributed by atoms with Gasteiger partial charge in [-0.15, -0.1) is 0 Å². The van der Waals surface area contributed by atoms with Gasteiger partial charge in [-0.3, -0.25) is 4.79 Å². The molecule has 1 saturated heterocycles. The van der Waals surface area contributed by atoms with Gasteiger partial charge in [-0.1, -0.05) is 0 Å². The van der Waals surface area contributed by atoms with Gasteiger partial charge in [0.15, 0.2) is 15.4 Å². The molecule has 0 spiro atoms. The maximum Gasteiger partial charge on any atom is 0.408 e. The summed E-state index contributed by atoms with van der Waals surface area (Å²) in [5, 5.41) is 13.8. The van der Waals surface area contributed by atoms with Crippen LogP contribution in [0.5, 0.6) is 0 Å². The fourth-order valence-corrected chi connectivity index (χ4v) is 6.25. The predicted octanol–water partition coefficient (Wildman–Crippen LogP) is -0.194. The predicted molar refractivity (Wildman–Crippen MR) is 105 cm³/mol. The van der Waals surface area contributed by atoms with E-state index in [1.54, 1.807) is 20.8 Å². The first kappa shape index (κ1) is 25.9. The summed E-state index contributed by atoms with van der Waals surface area (Å²) in [5.74, 6) is -2.81. The molecule has 0 bridgehead atoms. The molecule has 1 saturated carbocycles. The van der Waals surface area contributed by atoms with Crippen LogP contribution >= 0.6 is 11.8 Å². The molecule has 0 aromatic heterocycles. The number of amides is 2. The van der Waals surface area contributed by atoms with Crippen LogP contribution in [0.25, 0.3) is 0 Å². The van der Waals surface area contributed by atoms with E-state index in [4.69, 9.17) is 14.3 Å². The van der Waals surface area contributed by atoms with Gasteiger partial charge in [0.25, 0.3) is 0 Å². The van der Waals surface area contributed by atoms with Crippen molar-refractivity contribution in [2.45, 2.75) is 56.0 Å². The van der Waals surface area contributed by atoms with Crippen molar-refractivity contribution in [1.29, 1.82) is 0 Å². The lowest BCUT2D eigenvalue weighted by Crippen LogP contribution is -2.62. The Morgan fingerprint density at radius 2 is 1.87 bits per heavy atom. The van der Waals surface area contributed by atoms with Crippen LogP contribution in [0.3, 0.4) is 0 Å². The molecule has 11 nitrogen and oxygen atoms in total. The molecule has 0 aromatic rings. The summed E-state index contributed by atoms with van der Waals surface area (Å²) >= 11 is 1.46. The van der Waals surface area contributed by atoms with Crippen LogP contribution < -0.4 is 10.6 Å². The number of aliphatic carboxylic acids is 1. The number of carbonyl (C=O) groups is 3. The Bertz CT molecular complexity index is 816. The van der Waals surface area contributed by atoms with Gasteiger partial charge in [-0.2, -0.15) is 21.4 Å². The van der Waals surface area contributed by atoms with E-state index >= 15 is 0 Å². The number of sulfone groups is 1. The second kappa shape index (κ2) is 9.80. The highest BCUT2D eigenvalue weighted by molar-refractivity contribution is 7.98. The third-order valence-electron chi connectivity index (χ3n) is 4.60. The average molecular weight is 467 g/mol. The highest BCUT2D eigenvalue weighted by Gasteiger charge is 2.70. The van der Waals surface area contributed by atoms with E-state index in [0.29, 0.717) is 5.75 Å². The second-order valence-electron chi connectivity index (χ2n) is 8.02. The summed E-state index contributed by atoms with van der Waals surface area (Å²) in [5.41, 5.74) is -2.60. The molecular weight excluding hydrogens is 440 g/mol. The number of alkyl carbamates (subject to hydrolysis) is 1. The monoisotopic (exact) mass is 466 g/mol. The van der Waals surface area contributed by atoms with Crippen molar-refractivity contribution in [2.24, 2.45) is 5.92 Å². The van der Waals surface area contributed by atoms with Crippen molar-refractivity contribution >= 4 is 45.7 Å². The van der Waals surface area contributed by atoms with E-state index in [0.717, 1.165) is 0 Å². The molecule has 2 rings (SSSR count). The van der Waals surface area contributed by atoms with Gasteiger partial charge in [-0.25, -0.2) is 18.0 Å². The number of carboxylic acid groups (broad SMARTS) is 1. The minimum atomic E-state index is -3.55. The zero-order chi connectivity index (χ0) is 23.3. The topological polar surface area (TPSA) is 173 Å². The van der Waals surface area contributed by atoms with Crippen LogP contribution in [-0.2, 0) is 33.8 Å². The standard InChI is InChI=1S/C16H26N2O7S2.CO2/c1-15(2,3)25-14(22)17-10(5-6-26-4)12(19)18-16(13(20)21)8-27(23,24)11-7-9(11)16;2-1-3/h9-11H,5-8H2,1-4H3,(H,17,22)(H,18,19)(H,20,21);/t9-,10-,11+,16+;/m1./s1. The molecule has 170 valence electrons. The summed E-state index contributed by atoms with van der Waals surface area (Å²) in [4.78, 5) is 52.9. The molecule has 2 aliphatic rings. The number of carboxylic acids is 1. The van der Waals surface area contributed by atoms with E-state index in [9.17, 15) is 27.9 Å². The molecule has 3 N–H and O–H groups in total. The Labute approximate surface area is 178 Å². The van der Waals surface area contributed by atoms with Crippen LogP contribution in [0.2, 0.25) is 0 Å². The van der Waals surface area contributed by atoms with Crippen LogP contribution in [0.15, 0.2) is 0 Å². The second-order valence-corrected chi connectivity index (χ2v) is 11.2. The number of fused-ring (bicyclic) bond motifs is 1. The van der Waals surface area contributed by atoms with Crippen LogP contribution in [0.1, 0.15) is 33.6 Å². The molecular formula is C17H26N2O9S2. The van der Waals surface area contributed by atoms with Crippen molar-refractivity contribution in [2.75, 3.05) is 17.8 Å². The molecule has 2 amide bonds. The first-order chi connectivity index (χ1) is 13.7. The van der Waals surface area contributed by atoms with Crippen molar-refractivity contribution in [3.63, 3.8) is 0 Å². The van der Waals surface area contributed by atoms with E-state index in [2.05, 4.69) is 10.6 Å². The van der Waals surface area contributed by atoms with E-state index in [1.165, 1.54) is 11.8 Å². The van der Waals surface area contributed by atoms with Gasteiger partial charge >= 0.3 is 18.2 Å².